The predicted octanol–water partition coefficient (Wildman–Crippen LogP) is 3.24. The van der Waals surface area contributed by atoms with E-state index in [1.54, 1.807) is 12.5 Å². The fraction of sp³-hybridized carbons (Fsp3) is 0.154. The molecule has 0 bridgehead atoms. The van der Waals surface area contributed by atoms with Crippen molar-refractivity contribution in [2.45, 2.75) is 6.92 Å². The highest BCUT2D eigenvalue weighted by Gasteiger charge is 1.92. The van der Waals surface area contributed by atoms with Crippen molar-refractivity contribution < 1.29 is 4.74 Å². The van der Waals surface area contributed by atoms with E-state index < -0.39 is 0 Å². The Morgan fingerprint density at radius 2 is 2.20 bits per heavy atom. The third kappa shape index (κ3) is 2.34. The second-order valence-electron chi connectivity index (χ2n) is 3.24. The smallest absolute Gasteiger partial charge is 0.0845 e. The first-order valence-electron chi connectivity index (χ1n) is 5.02. The summed E-state index contributed by atoms with van der Waals surface area (Å²) in [5.74, 6) is 0. The van der Waals surface area contributed by atoms with E-state index in [-0.39, 0.29) is 0 Å². The van der Waals surface area contributed by atoms with Gasteiger partial charge in [0, 0.05) is 17.8 Å². The molecule has 0 atom stereocenters. The van der Waals surface area contributed by atoms with Gasteiger partial charge in [-0.3, -0.25) is 4.98 Å². The predicted molar refractivity (Wildman–Crippen MR) is 62.4 cm³/mol. The third-order valence-corrected chi connectivity index (χ3v) is 2.19. The molecule has 0 spiro atoms. The van der Waals surface area contributed by atoms with Crippen molar-refractivity contribution in [3.05, 3.63) is 48.5 Å². The molecule has 1 heterocycles. The Hall–Kier alpha value is -1.83. The van der Waals surface area contributed by atoms with Crippen LogP contribution < -0.4 is 0 Å². The van der Waals surface area contributed by atoms with Crippen LogP contribution in [0.1, 0.15) is 12.5 Å². The SMILES string of the molecule is CCOC=Cc1ccc2cnccc2c1. The van der Waals surface area contributed by atoms with Crippen LogP contribution in [0.5, 0.6) is 0 Å². The minimum atomic E-state index is 0.702. The number of ether oxygens (including phenoxy) is 1. The molecule has 0 saturated carbocycles. The van der Waals surface area contributed by atoms with Crippen LogP contribution in [-0.4, -0.2) is 11.6 Å². The maximum absolute atomic E-state index is 5.16. The zero-order valence-corrected chi connectivity index (χ0v) is 8.68. The average molecular weight is 199 g/mol. The Morgan fingerprint density at radius 3 is 3.07 bits per heavy atom. The number of fused-ring (bicyclic) bond motifs is 1. The topological polar surface area (TPSA) is 22.1 Å². The van der Waals surface area contributed by atoms with Gasteiger partial charge in [-0.2, -0.15) is 0 Å². The molecule has 2 rings (SSSR count). The van der Waals surface area contributed by atoms with Gasteiger partial charge in [0.25, 0.3) is 0 Å². The molecule has 2 aromatic rings. The highest BCUT2D eigenvalue weighted by atomic mass is 16.5. The van der Waals surface area contributed by atoms with Crippen LogP contribution in [0.2, 0.25) is 0 Å². The molecule has 2 heteroatoms. The third-order valence-electron chi connectivity index (χ3n) is 2.19. The Balaban J connectivity index is 2.30. The Labute approximate surface area is 89.2 Å². The summed E-state index contributed by atoms with van der Waals surface area (Å²) in [6.07, 6.45) is 7.36. The van der Waals surface area contributed by atoms with Crippen molar-refractivity contribution in [2.75, 3.05) is 6.61 Å². The molecule has 0 aliphatic heterocycles. The van der Waals surface area contributed by atoms with E-state index in [0.29, 0.717) is 6.61 Å². The average Bonchev–Trinajstić information content (AvgIpc) is 2.29. The lowest BCUT2D eigenvalue weighted by Gasteiger charge is -1.98. The van der Waals surface area contributed by atoms with Gasteiger partial charge in [-0.15, -0.1) is 0 Å². The van der Waals surface area contributed by atoms with Crippen molar-refractivity contribution >= 4 is 16.8 Å². The Kier molecular flexibility index (Phi) is 2.98. The van der Waals surface area contributed by atoms with Crippen LogP contribution in [0.25, 0.3) is 16.8 Å². The molecule has 1 aromatic heterocycles. The van der Waals surface area contributed by atoms with Crippen LogP contribution in [0.15, 0.2) is 42.9 Å². The number of rotatable bonds is 3. The fourth-order valence-electron chi connectivity index (χ4n) is 1.43. The van der Waals surface area contributed by atoms with Crippen LogP contribution in [0.3, 0.4) is 0 Å². The van der Waals surface area contributed by atoms with Crippen LogP contribution in [-0.2, 0) is 4.74 Å². The molecule has 1 aromatic carbocycles. The minimum Gasteiger partial charge on any atom is -0.501 e. The molecule has 0 radical (unpaired) electrons. The molecule has 0 N–H and O–H groups in total. The maximum atomic E-state index is 5.16. The molecule has 0 fully saturated rings. The molecule has 0 amide bonds. The summed E-state index contributed by atoms with van der Waals surface area (Å²) in [5.41, 5.74) is 1.14. The summed E-state index contributed by atoms with van der Waals surface area (Å²) < 4.78 is 5.16. The summed E-state index contributed by atoms with van der Waals surface area (Å²) >= 11 is 0. The maximum Gasteiger partial charge on any atom is 0.0845 e. The van der Waals surface area contributed by atoms with Crippen molar-refractivity contribution in [3.8, 4) is 0 Å². The van der Waals surface area contributed by atoms with Crippen molar-refractivity contribution in [1.82, 2.24) is 4.98 Å². The van der Waals surface area contributed by atoms with Crippen molar-refractivity contribution in [1.29, 1.82) is 0 Å². The Morgan fingerprint density at radius 1 is 1.27 bits per heavy atom. The van der Waals surface area contributed by atoms with Gasteiger partial charge in [0.15, 0.2) is 0 Å². The molecule has 0 unspecified atom stereocenters. The van der Waals surface area contributed by atoms with E-state index in [0.717, 1.165) is 10.9 Å². The van der Waals surface area contributed by atoms with Gasteiger partial charge in [-0.1, -0.05) is 12.1 Å². The van der Waals surface area contributed by atoms with Crippen molar-refractivity contribution in [3.63, 3.8) is 0 Å². The standard InChI is InChI=1S/C13H13NO/c1-2-15-8-6-11-3-4-13-10-14-7-5-12(13)9-11/h3-10H,2H2,1H3. The minimum absolute atomic E-state index is 0.702. The number of hydrogen-bond donors (Lipinski definition) is 0. The Bertz CT molecular complexity index is 477. The summed E-state index contributed by atoms with van der Waals surface area (Å²) in [5, 5.41) is 2.36. The summed E-state index contributed by atoms with van der Waals surface area (Å²) in [4.78, 5) is 4.08. The molecular formula is C13H13NO. The van der Waals surface area contributed by atoms with E-state index in [2.05, 4.69) is 23.2 Å². The van der Waals surface area contributed by atoms with Gasteiger partial charge in [0.2, 0.25) is 0 Å². The van der Waals surface area contributed by atoms with Gasteiger partial charge < -0.3 is 4.74 Å². The first-order chi connectivity index (χ1) is 7.40. The zero-order valence-electron chi connectivity index (χ0n) is 8.68. The number of aromatic nitrogens is 1. The highest BCUT2D eigenvalue weighted by molar-refractivity contribution is 5.83. The van der Waals surface area contributed by atoms with Gasteiger partial charge in [0.1, 0.15) is 0 Å². The summed E-state index contributed by atoms with van der Waals surface area (Å²) in [6.45, 7) is 2.67. The number of benzene rings is 1. The lowest BCUT2D eigenvalue weighted by Crippen LogP contribution is -1.79. The van der Waals surface area contributed by atoms with Crippen LogP contribution in [0.4, 0.5) is 0 Å². The lowest BCUT2D eigenvalue weighted by molar-refractivity contribution is 0.272. The molecule has 0 aliphatic rings. The van der Waals surface area contributed by atoms with Crippen molar-refractivity contribution in [2.24, 2.45) is 0 Å². The second kappa shape index (κ2) is 4.60. The van der Waals surface area contributed by atoms with E-state index in [9.17, 15) is 0 Å². The fourth-order valence-corrected chi connectivity index (χ4v) is 1.43. The van der Waals surface area contributed by atoms with Crippen LogP contribution in [0, 0.1) is 0 Å². The number of hydrogen-bond acceptors (Lipinski definition) is 2. The molecule has 2 nitrogen and oxygen atoms in total. The lowest BCUT2D eigenvalue weighted by atomic mass is 10.1. The number of nitrogens with zero attached hydrogens (tertiary/aromatic N) is 1. The van der Waals surface area contributed by atoms with E-state index in [1.165, 1.54) is 5.39 Å². The van der Waals surface area contributed by atoms with E-state index >= 15 is 0 Å². The molecule has 76 valence electrons. The van der Waals surface area contributed by atoms with Gasteiger partial charge >= 0.3 is 0 Å². The molecular weight excluding hydrogens is 186 g/mol. The van der Waals surface area contributed by atoms with E-state index in [1.807, 2.05) is 25.3 Å². The zero-order chi connectivity index (χ0) is 10.5. The normalized spacial score (nSPS) is 11.0. The van der Waals surface area contributed by atoms with Gasteiger partial charge in [-0.25, -0.2) is 0 Å². The molecule has 0 saturated heterocycles. The highest BCUT2D eigenvalue weighted by Crippen LogP contribution is 2.15. The quantitative estimate of drug-likeness (QED) is 0.708. The first kappa shape index (κ1) is 9.71. The second-order valence-corrected chi connectivity index (χ2v) is 3.24. The first-order valence-corrected chi connectivity index (χ1v) is 5.02. The van der Waals surface area contributed by atoms with Gasteiger partial charge in [-0.05, 0) is 36.1 Å². The largest absolute Gasteiger partial charge is 0.501 e. The van der Waals surface area contributed by atoms with Crippen LogP contribution >= 0.6 is 0 Å². The molecule has 15 heavy (non-hydrogen) atoms. The van der Waals surface area contributed by atoms with E-state index in [4.69, 9.17) is 4.74 Å². The summed E-state index contributed by atoms with van der Waals surface area (Å²) in [6, 6.07) is 8.24. The van der Waals surface area contributed by atoms with Gasteiger partial charge in [0.05, 0.1) is 12.9 Å². The molecule has 0 aliphatic carbocycles. The number of pyridine rings is 1. The monoisotopic (exact) mass is 199 g/mol. The summed E-state index contributed by atoms with van der Waals surface area (Å²) in [7, 11) is 0.